The molecule has 1 aliphatic rings. The van der Waals surface area contributed by atoms with Gasteiger partial charge in [0.25, 0.3) is 0 Å². The Bertz CT molecular complexity index is 569. The number of imidazole rings is 1. The minimum Gasteiger partial charge on any atom is -0.310 e. The average Bonchev–Trinajstić information content (AvgIpc) is 2.89. The second-order valence-electron chi connectivity index (χ2n) is 5.78. The molecule has 0 amide bonds. The molecule has 0 atom stereocenters. The average molecular weight is 270 g/mol. The molecule has 2 aromatic heterocycles. The highest BCUT2D eigenvalue weighted by Crippen LogP contribution is 2.22. The summed E-state index contributed by atoms with van der Waals surface area (Å²) in [6, 6.07) is 4.73. The van der Waals surface area contributed by atoms with Crippen molar-refractivity contribution in [3.63, 3.8) is 0 Å². The van der Waals surface area contributed by atoms with Gasteiger partial charge in [-0.25, -0.2) is 9.97 Å². The molecule has 0 unspecified atom stereocenters. The largest absolute Gasteiger partial charge is 0.310 e. The van der Waals surface area contributed by atoms with E-state index in [0.29, 0.717) is 6.04 Å². The zero-order valence-electron chi connectivity index (χ0n) is 12.3. The van der Waals surface area contributed by atoms with E-state index in [9.17, 15) is 0 Å². The third kappa shape index (κ3) is 2.75. The van der Waals surface area contributed by atoms with Crippen LogP contribution in [0.25, 0.3) is 5.82 Å². The molecule has 0 fully saturated rings. The van der Waals surface area contributed by atoms with E-state index < -0.39 is 0 Å². The summed E-state index contributed by atoms with van der Waals surface area (Å²) < 4.78 is 2.15. The van der Waals surface area contributed by atoms with Gasteiger partial charge >= 0.3 is 0 Å². The summed E-state index contributed by atoms with van der Waals surface area (Å²) in [5.74, 6) is 0.981. The predicted octanol–water partition coefficient (Wildman–Crippen LogP) is 2.64. The number of nitrogens with zero attached hydrogens (tertiary/aromatic N) is 3. The summed E-state index contributed by atoms with van der Waals surface area (Å²) in [6.45, 7) is 5.17. The Labute approximate surface area is 120 Å². The van der Waals surface area contributed by atoms with Gasteiger partial charge in [0.2, 0.25) is 0 Å². The third-order valence-electron chi connectivity index (χ3n) is 3.80. The highest BCUT2D eigenvalue weighted by molar-refractivity contribution is 5.31. The number of aryl methyl sites for hydroxylation is 1. The van der Waals surface area contributed by atoms with Crippen LogP contribution in [0.5, 0.6) is 0 Å². The molecular formula is C16H22N4. The van der Waals surface area contributed by atoms with Crippen LogP contribution in [-0.2, 0) is 19.4 Å². The van der Waals surface area contributed by atoms with E-state index in [2.05, 4.69) is 45.8 Å². The van der Waals surface area contributed by atoms with Crippen LogP contribution in [0.1, 0.15) is 43.6 Å². The maximum atomic E-state index is 4.59. The van der Waals surface area contributed by atoms with Gasteiger partial charge < -0.3 is 5.32 Å². The molecule has 0 saturated carbocycles. The van der Waals surface area contributed by atoms with Gasteiger partial charge in [-0.3, -0.25) is 4.57 Å². The summed E-state index contributed by atoms with van der Waals surface area (Å²) in [6.07, 6.45) is 8.63. The standard InChI is InChI=1S/C16H22N4/c1-12(2)17-9-13-7-8-16(18-10-13)20-11-19-14-5-3-4-6-15(14)20/h7-8,10-12,17H,3-6,9H2,1-2H3. The van der Waals surface area contributed by atoms with Crippen LogP contribution in [0.15, 0.2) is 24.7 Å². The Morgan fingerprint density at radius 3 is 2.80 bits per heavy atom. The molecule has 1 N–H and O–H groups in total. The monoisotopic (exact) mass is 270 g/mol. The third-order valence-corrected chi connectivity index (χ3v) is 3.80. The lowest BCUT2D eigenvalue weighted by Gasteiger charge is -2.14. The second kappa shape index (κ2) is 5.75. The maximum Gasteiger partial charge on any atom is 0.138 e. The molecule has 0 saturated heterocycles. The minimum absolute atomic E-state index is 0.496. The summed E-state index contributed by atoms with van der Waals surface area (Å²) >= 11 is 0. The van der Waals surface area contributed by atoms with Gasteiger partial charge in [-0.2, -0.15) is 0 Å². The van der Waals surface area contributed by atoms with Gasteiger partial charge in [-0.15, -0.1) is 0 Å². The topological polar surface area (TPSA) is 42.7 Å². The smallest absolute Gasteiger partial charge is 0.138 e. The Morgan fingerprint density at radius 2 is 2.05 bits per heavy atom. The molecule has 4 nitrogen and oxygen atoms in total. The molecule has 0 spiro atoms. The molecule has 0 bridgehead atoms. The van der Waals surface area contributed by atoms with Crippen molar-refractivity contribution in [1.29, 1.82) is 0 Å². The quantitative estimate of drug-likeness (QED) is 0.928. The fourth-order valence-electron chi connectivity index (χ4n) is 2.65. The van der Waals surface area contributed by atoms with Crippen LogP contribution in [0.3, 0.4) is 0 Å². The van der Waals surface area contributed by atoms with E-state index in [1.54, 1.807) is 0 Å². The first-order chi connectivity index (χ1) is 9.74. The van der Waals surface area contributed by atoms with Crippen molar-refractivity contribution >= 4 is 0 Å². The predicted molar refractivity (Wildman–Crippen MR) is 80.0 cm³/mol. The molecule has 0 aliphatic heterocycles. The van der Waals surface area contributed by atoms with Crippen LogP contribution in [0.2, 0.25) is 0 Å². The first-order valence-corrected chi connectivity index (χ1v) is 7.48. The first kappa shape index (κ1) is 13.3. The molecule has 0 aromatic carbocycles. The molecule has 2 aromatic rings. The minimum atomic E-state index is 0.496. The summed E-state index contributed by atoms with van der Waals surface area (Å²) in [5, 5.41) is 3.41. The molecule has 3 rings (SSSR count). The second-order valence-corrected chi connectivity index (χ2v) is 5.78. The van der Waals surface area contributed by atoms with Crippen molar-refractivity contribution in [3.8, 4) is 5.82 Å². The number of pyridine rings is 1. The molecule has 1 aliphatic carbocycles. The van der Waals surface area contributed by atoms with Crippen molar-refractivity contribution in [3.05, 3.63) is 41.6 Å². The molecule has 0 radical (unpaired) electrons. The fraction of sp³-hybridized carbons (Fsp3) is 0.500. The number of aromatic nitrogens is 3. The van der Waals surface area contributed by atoms with E-state index in [0.717, 1.165) is 25.2 Å². The Hall–Kier alpha value is -1.68. The SMILES string of the molecule is CC(C)NCc1ccc(-n2cnc3c2CCCC3)nc1. The van der Waals surface area contributed by atoms with Gasteiger partial charge in [0, 0.05) is 24.5 Å². The van der Waals surface area contributed by atoms with E-state index in [1.807, 2.05) is 12.5 Å². The van der Waals surface area contributed by atoms with Crippen molar-refractivity contribution < 1.29 is 0 Å². The first-order valence-electron chi connectivity index (χ1n) is 7.48. The van der Waals surface area contributed by atoms with Gasteiger partial charge in [-0.1, -0.05) is 19.9 Å². The molecule has 106 valence electrons. The molecule has 4 heteroatoms. The van der Waals surface area contributed by atoms with Gasteiger partial charge in [0.05, 0.1) is 5.69 Å². The van der Waals surface area contributed by atoms with Crippen LogP contribution in [0, 0.1) is 0 Å². The summed E-state index contributed by atoms with van der Waals surface area (Å²) in [4.78, 5) is 9.12. The normalized spacial score (nSPS) is 14.6. The Morgan fingerprint density at radius 1 is 1.20 bits per heavy atom. The van der Waals surface area contributed by atoms with Crippen LogP contribution in [-0.4, -0.2) is 20.6 Å². The van der Waals surface area contributed by atoms with Crippen LogP contribution >= 0.6 is 0 Å². The van der Waals surface area contributed by atoms with E-state index in [-0.39, 0.29) is 0 Å². The Balaban J connectivity index is 1.79. The van der Waals surface area contributed by atoms with Crippen molar-refractivity contribution in [2.75, 3.05) is 0 Å². The number of hydrogen-bond donors (Lipinski definition) is 1. The van der Waals surface area contributed by atoms with E-state index in [1.165, 1.54) is 29.8 Å². The van der Waals surface area contributed by atoms with Crippen LogP contribution in [0.4, 0.5) is 0 Å². The molecule has 20 heavy (non-hydrogen) atoms. The lowest BCUT2D eigenvalue weighted by molar-refractivity contribution is 0.587. The molecule has 2 heterocycles. The van der Waals surface area contributed by atoms with Gasteiger partial charge in [0.15, 0.2) is 0 Å². The summed E-state index contributed by atoms with van der Waals surface area (Å²) in [7, 11) is 0. The summed E-state index contributed by atoms with van der Waals surface area (Å²) in [5.41, 5.74) is 3.82. The zero-order chi connectivity index (χ0) is 13.9. The zero-order valence-corrected chi connectivity index (χ0v) is 12.3. The van der Waals surface area contributed by atoms with Crippen molar-refractivity contribution in [2.24, 2.45) is 0 Å². The van der Waals surface area contributed by atoms with Gasteiger partial charge in [0.1, 0.15) is 12.1 Å². The van der Waals surface area contributed by atoms with Crippen molar-refractivity contribution in [1.82, 2.24) is 19.9 Å². The Kier molecular flexibility index (Phi) is 3.83. The van der Waals surface area contributed by atoms with Crippen molar-refractivity contribution in [2.45, 2.75) is 52.1 Å². The number of fused-ring (bicyclic) bond motifs is 1. The van der Waals surface area contributed by atoms with E-state index >= 15 is 0 Å². The van der Waals surface area contributed by atoms with Crippen LogP contribution < -0.4 is 5.32 Å². The lowest BCUT2D eigenvalue weighted by atomic mass is 10.0. The van der Waals surface area contributed by atoms with Gasteiger partial charge in [-0.05, 0) is 37.3 Å². The highest BCUT2D eigenvalue weighted by Gasteiger charge is 2.16. The molecular weight excluding hydrogens is 248 g/mol. The fourth-order valence-corrected chi connectivity index (χ4v) is 2.65. The maximum absolute atomic E-state index is 4.59. The lowest BCUT2D eigenvalue weighted by Crippen LogP contribution is -2.21. The van der Waals surface area contributed by atoms with E-state index in [4.69, 9.17) is 0 Å². The highest BCUT2D eigenvalue weighted by atomic mass is 15.1. The number of hydrogen-bond acceptors (Lipinski definition) is 3. The number of rotatable bonds is 4. The number of nitrogens with one attached hydrogen (secondary N) is 1.